The maximum Gasteiger partial charge on any atom is 0.265 e. The SMILES string of the molecule is CCc1ccc(-n2c3nc4ccccc4nc3c3c(=O)n(Cc4ccc(C)cc4)c(C)nc32)cc1. The number of aryl methyl sites for hydroxylation is 3. The maximum atomic E-state index is 14.0. The highest BCUT2D eigenvalue weighted by Gasteiger charge is 2.22. The van der Waals surface area contributed by atoms with Crippen LogP contribution in [0.1, 0.15) is 29.4 Å². The zero-order valence-corrected chi connectivity index (χ0v) is 20.0. The summed E-state index contributed by atoms with van der Waals surface area (Å²) in [5.41, 5.74) is 7.63. The number of para-hydroxylation sites is 2. The highest BCUT2D eigenvalue weighted by Crippen LogP contribution is 2.29. The van der Waals surface area contributed by atoms with Gasteiger partial charge in [-0.15, -0.1) is 0 Å². The molecule has 0 aliphatic rings. The molecule has 172 valence electrons. The molecule has 6 nitrogen and oxygen atoms in total. The van der Waals surface area contributed by atoms with Gasteiger partial charge in [-0.3, -0.25) is 13.9 Å². The van der Waals surface area contributed by atoms with Crippen LogP contribution in [-0.2, 0) is 13.0 Å². The fourth-order valence-corrected chi connectivity index (χ4v) is 4.62. The number of benzene rings is 3. The summed E-state index contributed by atoms with van der Waals surface area (Å²) in [4.78, 5) is 28.7. The summed E-state index contributed by atoms with van der Waals surface area (Å²) in [5, 5.41) is 0.496. The van der Waals surface area contributed by atoms with E-state index in [4.69, 9.17) is 15.0 Å². The highest BCUT2D eigenvalue weighted by atomic mass is 16.1. The first-order valence-electron chi connectivity index (χ1n) is 11.9. The van der Waals surface area contributed by atoms with Crippen molar-refractivity contribution >= 4 is 33.2 Å². The van der Waals surface area contributed by atoms with Gasteiger partial charge in [0, 0.05) is 5.69 Å². The molecule has 6 rings (SSSR count). The minimum absolute atomic E-state index is 0.105. The van der Waals surface area contributed by atoms with E-state index in [0.717, 1.165) is 28.7 Å². The van der Waals surface area contributed by atoms with Crippen LogP contribution >= 0.6 is 0 Å². The van der Waals surface area contributed by atoms with Gasteiger partial charge in [-0.05, 0) is 55.7 Å². The van der Waals surface area contributed by atoms with Crippen LogP contribution in [0.4, 0.5) is 0 Å². The zero-order valence-electron chi connectivity index (χ0n) is 20.0. The molecule has 0 saturated heterocycles. The van der Waals surface area contributed by atoms with Crippen molar-refractivity contribution in [2.45, 2.75) is 33.7 Å². The molecule has 3 aromatic carbocycles. The molecule has 0 atom stereocenters. The molecule has 35 heavy (non-hydrogen) atoms. The zero-order chi connectivity index (χ0) is 24.1. The number of hydrogen-bond acceptors (Lipinski definition) is 4. The van der Waals surface area contributed by atoms with E-state index in [1.54, 1.807) is 4.57 Å². The van der Waals surface area contributed by atoms with Gasteiger partial charge >= 0.3 is 0 Å². The smallest absolute Gasteiger partial charge is 0.265 e. The fraction of sp³-hybridized carbons (Fsp3) is 0.172. The van der Waals surface area contributed by atoms with E-state index in [9.17, 15) is 4.79 Å². The summed E-state index contributed by atoms with van der Waals surface area (Å²) >= 11 is 0. The summed E-state index contributed by atoms with van der Waals surface area (Å²) in [6.45, 7) is 6.52. The van der Waals surface area contributed by atoms with Gasteiger partial charge in [0.25, 0.3) is 5.56 Å². The molecule has 0 spiro atoms. The molecule has 0 fully saturated rings. The Morgan fingerprint density at radius 3 is 2.09 bits per heavy atom. The van der Waals surface area contributed by atoms with Gasteiger partial charge in [0.05, 0.1) is 17.6 Å². The third kappa shape index (κ3) is 3.49. The molecular weight excluding hydrogens is 434 g/mol. The van der Waals surface area contributed by atoms with Gasteiger partial charge in [0.2, 0.25) is 0 Å². The second-order valence-corrected chi connectivity index (χ2v) is 8.97. The van der Waals surface area contributed by atoms with Crippen molar-refractivity contribution in [3.05, 3.63) is 106 Å². The summed E-state index contributed by atoms with van der Waals surface area (Å²) in [6.07, 6.45) is 0.957. The van der Waals surface area contributed by atoms with Crippen molar-refractivity contribution < 1.29 is 0 Å². The first-order chi connectivity index (χ1) is 17.0. The van der Waals surface area contributed by atoms with Gasteiger partial charge in [-0.25, -0.2) is 15.0 Å². The molecular formula is C29H25N5O. The lowest BCUT2D eigenvalue weighted by Gasteiger charge is -2.11. The van der Waals surface area contributed by atoms with Gasteiger partial charge in [-0.2, -0.15) is 0 Å². The van der Waals surface area contributed by atoms with Crippen molar-refractivity contribution in [3.8, 4) is 5.69 Å². The van der Waals surface area contributed by atoms with E-state index in [-0.39, 0.29) is 5.56 Å². The molecule has 0 amide bonds. The van der Waals surface area contributed by atoms with E-state index < -0.39 is 0 Å². The molecule has 6 aromatic rings. The molecule has 3 aromatic heterocycles. The van der Waals surface area contributed by atoms with Crippen molar-refractivity contribution in [3.63, 3.8) is 0 Å². The lowest BCUT2D eigenvalue weighted by atomic mass is 10.1. The highest BCUT2D eigenvalue weighted by molar-refractivity contribution is 6.05. The summed E-state index contributed by atoms with van der Waals surface area (Å²) in [5.74, 6) is 0.655. The van der Waals surface area contributed by atoms with Crippen molar-refractivity contribution in [1.82, 2.24) is 24.1 Å². The van der Waals surface area contributed by atoms with E-state index >= 15 is 0 Å². The van der Waals surface area contributed by atoms with E-state index in [2.05, 4.69) is 62.4 Å². The summed E-state index contributed by atoms with van der Waals surface area (Å²) in [6, 6.07) is 24.3. The van der Waals surface area contributed by atoms with Crippen LogP contribution in [0.15, 0.2) is 77.6 Å². The van der Waals surface area contributed by atoms with Gasteiger partial charge in [-0.1, -0.05) is 61.0 Å². The fourth-order valence-electron chi connectivity index (χ4n) is 4.62. The van der Waals surface area contributed by atoms with E-state index in [0.29, 0.717) is 34.6 Å². The average Bonchev–Trinajstić information content (AvgIpc) is 3.19. The van der Waals surface area contributed by atoms with Crippen LogP contribution < -0.4 is 5.56 Å². The Bertz CT molecular complexity index is 1780. The Morgan fingerprint density at radius 1 is 0.743 bits per heavy atom. The first-order valence-corrected chi connectivity index (χ1v) is 11.9. The Morgan fingerprint density at radius 2 is 1.40 bits per heavy atom. The predicted octanol–water partition coefficient (Wildman–Crippen LogP) is 5.51. The number of fused-ring (bicyclic) bond motifs is 4. The molecule has 0 radical (unpaired) electrons. The van der Waals surface area contributed by atoms with Crippen LogP contribution in [0.25, 0.3) is 38.9 Å². The third-order valence-corrected chi connectivity index (χ3v) is 6.62. The molecule has 0 aliphatic heterocycles. The standard InChI is InChI=1S/C29H25N5O/c1-4-20-13-15-22(16-14-20)34-27-25(26-28(34)32-24-8-6-5-7-23(24)31-26)29(35)33(19(3)30-27)17-21-11-9-18(2)10-12-21/h5-16H,4,17H2,1-3H3. The number of nitrogens with zero attached hydrogens (tertiary/aromatic N) is 5. The molecule has 0 N–H and O–H groups in total. The minimum atomic E-state index is -0.105. The van der Waals surface area contributed by atoms with Crippen LogP contribution in [0.3, 0.4) is 0 Å². The number of hydrogen-bond donors (Lipinski definition) is 0. The van der Waals surface area contributed by atoms with Crippen LogP contribution in [0.2, 0.25) is 0 Å². The van der Waals surface area contributed by atoms with Crippen molar-refractivity contribution in [2.24, 2.45) is 0 Å². The van der Waals surface area contributed by atoms with E-state index in [1.807, 2.05) is 35.8 Å². The van der Waals surface area contributed by atoms with Crippen LogP contribution in [0, 0.1) is 13.8 Å². The monoisotopic (exact) mass is 459 g/mol. The molecule has 3 heterocycles. The third-order valence-electron chi connectivity index (χ3n) is 6.62. The quantitative estimate of drug-likeness (QED) is 0.349. The predicted molar refractivity (Wildman–Crippen MR) is 140 cm³/mol. The Hall–Kier alpha value is -4.32. The average molecular weight is 460 g/mol. The largest absolute Gasteiger partial charge is 0.292 e. The van der Waals surface area contributed by atoms with Crippen molar-refractivity contribution in [2.75, 3.05) is 0 Å². The molecule has 0 aliphatic carbocycles. The van der Waals surface area contributed by atoms with Gasteiger partial charge in [0.15, 0.2) is 11.3 Å². The molecule has 0 unspecified atom stereocenters. The molecule has 0 saturated carbocycles. The maximum absolute atomic E-state index is 14.0. The second-order valence-electron chi connectivity index (χ2n) is 8.97. The van der Waals surface area contributed by atoms with Crippen molar-refractivity contribution in [1.29, 1.82) is 0 Å². The van der Waals surface area contributed by atoms with E-state index in [1.165, 1.54) is 11.1 Å². The Kier molecular flexibility index (Phi) is 4.95. The molecule has 0 bridgehead atoms. The number of aromatic nitrogens is 5. The summed E-state index contributed by atoms with van der Waals surface area (Å²) in [7, 11) is 0. The van der Waals surface area contributed by atoms with Crippen LogP contribution in [-0.4, -0.2) is 24.1 Å². The normalized spacial score (nSPS) is 11.6. The molecule has 6 heteroatoms. The lowest BCUT2D eigenvalue weighted by Crippen LogP contribution is -2.24. The summed E-state index contributed by atoms with van der Waals surface area (Å²) < 4.78 is 3.70. The number of rotatable bonds is 4. The topological polar surface area (TPSA) is 65.6 Å². The van der Waals surface area contributed by atoms with Crippen LogP contribution in [0.5, 0.6) is 0 Å². The Balaban J connectivity index is 1.68. The van der Waals surface area contributed by atoms with Gasteiger partial charge < -0.3 is 0 Å². The minimum Gasteiger partial charge on any atom is -0.292 e. The first kappa shape index (κ1) is 21.2. The second kappa shape index (κ2) is 8.17. The Labute approximate surface area is 202 Å². The lowest BCUT2D eigenvalue weighted by molar-refractivity contribution is 0.711. The van der Waals surface area contributed by atoms with Gasteiger partial charge in [0.1, 0.15) is 16.7 Å².